The number of carbonyl (C=O) groups excluding carboxylic acids is 1. The average Bonchev–Trinajstić information content (AvgIpc) is 3.01. The van der Waals surface area contributed by atoms with Crippen LogP contribution < -0.4 is 15.7 Å². The largest absolute Gasteiger partial charge is 0.497 e. The standard InChI is InChI=1S/C19H21N3O3S/c1-11(13-4-9-16-17(10-13)22-19(24)21-16)20-18(23)12(2)26-15-7-5-14(25-3)6-8-15/h4-12H,1-3H3,(H,20,23)(H2,21,22,24). The normalized spacial score (nSPS) is 13.3. The molecule has 0 aliphatic heterocycles. The van der Waals surface area contributed by atoms with E-state index in [9.17, 15) is 9.59 Å². The van der Waals surface area contributed by atoms with Crippen molar-refractivity contribution >= 4 is 28.7 Å². The first-order valence-corrected chi connectivity index (χ1v) is 9.17. The van der Waals surface area contributed by atoms with Gasteiger partial charge < -0.3 is 20.0 Å². The van der Waals surface area contributed by atoms with Gasteiger partial charge in [-0.3, -0.25) is 4.79 Å². The molecule has 2 atom stereocenters. The quantitative estimate of drug-likeness (QED) is 0.581. The van der Waals surface area contributed by atoms with Crippen molar-refractivity contribution in [3.8, 4) is 5.75 Å². The number of hydrogen-bond acceptors (Lipinski definition) is 4. The Hall–Kier alpha value is -2.67. The first kappa shape index (κ1) is 18.1. The molecule has 3 N–H and O–H groups in total. The number of thioether (sulfide) groups is 1. The van der Waals surface area contributed by atoms with Gasteiger partial charge in [0.05, 0.1) is 29.4 Å². The van der Waals surface area contributed by atoms with Crippen LogP contribution in [0.2, 0.25) is 0 Å². The van der Waals surface area contributed by atoms with Crippen LogP contribution in [0.5, 0.6) is 5.75 Å². The van der Waals surface area contributed by atoms with Gasteiger partial charge in [-0.25, -0.2) is 4.79 Å². The molecule has 0 aliphatic carbocycles. The Morgan fingerprint density at radius 3 is 2.46 bits per heavy atom. The minimum absolute atomic E-state index is 0.0408. The number of methoxy groups -OCH3 is 1. The van der Waals surface area contributed by atoms with Crippen LogP contribution in [-0.4, -0.2) is 28.2 Å². The number of benzene rings is 2. The van der Waals surface area contributed by atoms with E-state index in [2.05, 4.69) is 15.3 Å². The Bertz CT molecular complexity index is 962. The molecule has 6 nitrogen and oxygen atoms in total. The van der Waals surface area contributed by atoms with Crippen molar-refractivity contribution in [3.05, 3.63) is 58.5 Å². The SMILES string of the molecule is COc1ccc(SC(C)C(=O)NC(C)c2ccc3[nH]c(=O)[nH]c3c2)cc1. The van der Waals surface area contributed by atoms with Crippen LogP contribution in [0.4, 0.5) is 0 Å². The summed E-state index contributed by atoms with van der Waals surface area (Å²) in [5.74, 6) is 0.749. The second kappa shape index (κ2) is 7.70. The van der Waals surface area contributed by atoms with E-state index in [4.69, 9.17) is 4.74 Å². The predicted octanol–water partition coefficient (Wildman–Crippen LogP) is 3.22. The lowest BCUT2D eigenvalue weighted by Gasteiger charge is -2.18. The van der Waals surface area contributed by atoms with E-state index < -0.39 is 0 Å². The van der Waals surface area contributed by atoms with Crippen LogP contribution in [-0.2, 0) is 4.79 Å². The van der Waals surface area contributed by atoms with E-state index in [-0.39, 0.29) is 22.9 Å². The van der Waals surface area contributed by atoms with Crippen molar-refractivity contribution in [1.29, 1.82) is 0 Å². The lowest BCUT2D eigenvalue weighted by molar-refractivity contribution is -0.120. The molecule has 1 heterocycles. The van der Waals surface area contributed by atoms with Crippen LogP contribution in [0.1, 0.15) is 25.5 Å². The van der Waals surface area contributed by atoms with E-state index >= 15 is 0 Å². The summed E-state index contributed by atoms with van der Waals surface area (Å²) in [6.07, 6.45) is 0. The van der Waals surface area contributed by atoms with Crippen molar-refractivity contribution in [2.24, 2.45) is 0 Å². The number of aromatic amines is 2. The van der Waals surface area contributed by atoms with Gasteiger partial charge in [0.2, 0.25) is 5.91 Å². The molecule has 2 unspecified atom stereocenters. The smallest absolute Gasteiger partial charge is 0.323 e. The highest BCUT2D eigenvalue weighted by Gasteiger charge is 2.18. The van der Waals surface area contributed by atoms with E-state index in [0.29, 0.717) is 0 Å². The molecule has 0 bridgehead atoms. The van der Waals surface area contributed by atoms with Gasteiger partial charge in [0, 0.05) is 4.90 Å². The van der Waals surface area contributed by atoms with Gasteiger partial charge in [-0.05, 0) is 55.8 Å². The number of aromatic nitrogens is 2. The van der Waals surface area contributed by atoms with Crippen molar-refractivity contribution in [1.82, 2.24) is 15.3 Å². The van der Waals surface area contributed by atoms with Gasteiger partial charge in [0.15, 0.2) is 0 Å². The number of H-pyrrole nitrogens is 2. The van der Waals surface area contributed by atoms with Gasteiger partial charge in [0.25, 0.3) is 0 Å². The van der Waals surface area contributed by atoms with Gasteiger partial charge in [-0.2, -0.15) is 0 Å². The highest BCUT2D eigenvalue weighted by atomic mass is 32.2. The molecule has 0 saturated carbocycles. The van der Waals surface area contributed by atoms with Crippen LogP contribution in [0.15, 0.2) is 52.2 Å². The molecule has 3 aromatic rings. The molecule has 26 heavy (non-hydrogen) atoms. The second-order valence-corrected chi connectivity index (χ2v) is 7.46. The zero-order chi connectivity index (χ0) is 18.7. The Kier molecular flexibility index (Phi) is 5.37. The topological polar surface area (TPSA) is 87.0 Å². The lowest BCUT2D eigenvalue weighted by atomic mass is 10.1. The maximum Gasteiger partial charge on any atom is 0.323 e. The molecular weight excluding hydrogens is 350 g/mol. The molecule has 136 valence electrons. The summed E-state index contributed by atoms with van der Waals surface area (Å²) < 4.78 is 5.14. The number of carbonyl (C=O) groups is 1. The molecule has 0 spiro atoms. The molecule has 0 saturated heterocycles. The molecule has 0 radical (unpaired) electrons. The number of ether oxygens (including phenoxy) is 1. The zero-order valence-electron chi connectivity index (χ0n) is 14.8. The summed E-state index contributed by atoms with van der Waals surface area (Å²) in [5, 5.41) is 2.79. The fourth-order valence-electron chi connectivity index (χ4n) is 2.65. The maximum absolute atomic E-state index is 12.5. The molecule has 1 aromatic heterocycles. The third kappa shape index (κ3) is 4.11. The zero-order valence-corrected chi connectivity index (χ0v) is 15.6. The summed E-state index contributed by atoms with van der Waals surface area (Å²) in [7, 11) is 1.63. The first-order valence-electron chi connectivity index (χ1n) is 8.29. The molecule has 1 amide bonds. The number of hydrogen-bond donors (Lipinski definition) is 3. The van der Waals surface area contributed by atoms with Crippen molar-refractivity contribution in [2.75, 3.05) is 7.11 Å². The van der Waals surface area contributed by atoms with Gasteiger partial charge in [-0.15, -0.1) is 11.8 Å². The Balaban J connectivity index is 1.63. The monoisotopic (exact) mass is 371 g/mol. The minimum atomic E-state index is -0.238. The van der Waals surface area contributed by atoms with Gasteiger partial charge in [0.1, 0.15) is 5.75 Å². The summed E-state index contributed by atoms with van der Waals surface area (Å²) in [5.41, 5.74) is 2.18. The summed E-state index contributed by atoms with van der Waals surface area (Å²) in [4.78, 5) is 30.3. The summed E-state index contributed by atoms with van der Waals surface area (Å²) in [6, 6.07) is 13.1. The minimum Gasteiger partial charge on any atom is -0.497 e. The van der Waals surface area contributed by atoms with Crippen LogP contribution >= 0.6 is 11.8 Å². The third-order valence-corrected chi connectivity index (χ3v) is 5.25. The summed E-state index contributed by atoms with van der Waals surface area (Å²) in [6.45, 7) is 3.80. The van der Waals surface area contributed by atoms with Crippen molar-refractivity contribution < 1.29 is 9.53 Å². The third-order valence-electron chi connectivity index (χ3n) is 4.14. The van der Waals surface area contributed by atoms with Crippen LogP contribution in [0.3, 0.4) is 0 Å². The van der Waals surface area contributed by atoms with E-state index in [0.717, 1.165) is 27.2 Å². The molecule has 7 heteroatoms. The highest BCUT2D eigenvalue weighted by molar-refractivity contribution is 8.00. The van der Waals surface area contributed by atoms with Crippen molar-refractivity contribution in [2.45, 2.75) is 30.0 Å². The molecule has 0 fully saturated rings. The van der Waals surface area contributed by atoms with E-state index in [1.54, 1.807) is 7.11 Å². The Morgan fingerprint density at radius 1 is 1.08 bits per heavy atom. The highest BCUT2D eigenvalue weighted by Crippen LogP contribution is 2.26. The lowest BCUT2D eigenvalue weighted by Crippen LogP contribution is -2.33. The number of rotatable bonds is 6. The van der Waals surface area contributed by atoms with Crippen LogP contribution in [0, 0.1) is 0 Å². The molecule has 2 aromatic carbocycles. The number of imidazole rings is 1. The number of nitrogens with one attached hydrogen (secondary N) is 3. The predicted molar refractivity (Wildman–Crippen MR) is 104 cm³/mol. The maximum atomic E-state index is 12.5. The Labute approximate surface area is 155 Å². The number of amides is 1. The first-order chi connectivity index (χ1) is 12.5. The van der Waals surface area contributed by atoms with E-state index in [1.165, 1.54) is 11.8 Å². The molecule has 3 rings (SSSR count). The second-order valence-electron chi connectivity index (χ2n) is 6.05. The molecular formula is C19H21N3O3S. The molecule has 0 aliphatic rings. The van der Waals surface area contributed by atoms with Gasteiger partial charge in [-0.1, -0.05) is 6.07 Å². The van der Waals surface area contributed by atoms with Crippen LogP contribution in [0.25, 0.3) is 11.0 Å². The number of fused-ring (bicyclic) bond motifs is 1. The van der Waals surface area contributed by atoms with Crippen molar-refractivity contribution in [3.63, 3.8) is 0 Å². The average molecular weight is 371 g/mol. The fourth-order valence-corrected chi connectivity index (χ4v) is 3.52. The van der Waals surface area contributed by atoms with Gasteiger partial charge >= 0.3 is 5.69 Å². The summed E-state index contributed by atoms with van der Waals surface area (Å²) >= 11 is 1.49. The Morgan fingerprint density at radius 2 is 1.77 bits per heavy atom. The van der Waals surface area contributed by atoms with E-state index in [1.807, 2.05) is 56.3 Å². The fraction of sp³-hybridized carbons (Fsp3) is 0.263.